The van der Waals surface area contributed by atoms with E-state index >= 15 is 0 Å². The lowest BCUT2D eigenvalue weighted by atomic mass is 10.2. The van der Waals surface area contributed by atoms with Gasteiger partial charge in [0.2, 0.25) is 0 Å². The number of ether oxygens (including phenoxy) is 1. The van der Waals surface area contributed by atoms with Gasteiger partial charge >= 0.3 is 6.03 Å². The zero-order valence-electron chi connectivity index (χ0n) is 14.9. The Labute approximate surface area is 152 Å². The van der Waals surface area contributed by atoms with Crippen molar-refractivity contribution in [1.29, 1.82) is 0 Å². The third kappa shape index (κ3) is 4.42. The molecule has 1 aromatic heterocycles. The van der Waals surface area contributed by atoms with E-state index in [1.807, 2.05) is 72.5 Å². The zero-order valence-corrected chi connectivity index (χ0v) is 14.9. The third-order valence-electron chi connectivity index (χ3n) is 4.01. The number of methoxy groups -OCH3 is 1. The van der Waals surface area contributed by atoms with E-state index < -0.39 is 0 Å². The molecular formula is C20H22N4O2. The van der Waals surface area contributed by atoms with Crippen molar-refractivity contribution in [1.82, 2.24) is 15.1 Å². The minimum atomic E-state index is -0.231. The summed E-state index contributed by atoms with van der Waals surface area (Å²) in [5.41, 5.74) is 3.78. The smallest absolute Gasteiger partial charge is 0.319 e. The number of amides is 2. The van der Waals surface area contributed by atoms with Crippen molar-refractivity contribution < 1.29 is 9.53 Å². The van der Waals surface area contributed by atoms with Crippen LogP contribution in [-0.2, 0) is 6.42 Å². The second-order valence-electron chi connectivity index (χ2n) is 5.94. The zero-order chi connectivity index (χ0) is 18.4. The molecule has 0 saturated carbocycles. The highest BCUT2D eigenvalue weighted by Gasteiger charge is 2.05. The molecule has 2 aromatic carbocycles. The summed E-state index contributed by atoms with van der Waals surface area (Å²) in [6.07, 6.45) is 4.50. The van der Waals surface area contributed by atoms with Gasteiger partial charge in [-0.25, -0.2) is 9.48 Å². The van der Waals surface area contributed by atoms with Crippen molar-refractivity contribution in [2.24, 2.45) is 0 Å². The number of carbonyl (C=O) groups excluding carboxylic acids is 1. The number of anilines is 1. The first-order valence-corrected chi connectivity index (χ1v) is 8.44. The predicted molar refractivity (Wildman–Crippen MR) is 102 cm³/mol. The molecule has 134 valence electrons. The monoisotopic (exact) mass is 350 g/mol. The van der Waals surface area contributed by atoms with Gasteiger partial charge in [-0.15, -0.1) is 0 Å². The molecule has 0 radical (unpaired) electrons. The number of nitrogens with zero attached hydrogens (tertiary/aromatic N) is 2. The van der Waals surface area contributed by atoms with Crippen molar-refractivity contribution in [3.63, 3.8) is 0 Å². The molecule has 0 bridgehead atoms. The fraction of sp³-hybridized carbons (Fsp3) is 0.200. The molecule has 0 aliphatic rings. The van der Waals surface area contributed by atoms with Gasteiger partial charge in [0, 0.05) is 18.4 Å². The number of carbonyl (C=O) groups is 1. The summed E-state index contributed by atoms with van der Waals surface area (Å²) >= 11 is 0. The van der Waals surface area contributed by atoms with Gasteiger partial charge in [0.05, 0.1) is 19.0 Å². The fourth-order valence-electron chi connectivity index (χ4n) is 2.66. The van der Waals surface area contributed by atoms with Crippen molar-refractivity contribution in [2.75, 3.05) is 19.0 Å². The maximum Gasteiger partial charge on any atom is 0.319 e. The first kappa shape index (κ1) is 17.5. The maximum atomic E-state index is 12.0. The predicted octanol–water partition coefficient (Wildman–Crippen LogP) is 3.55. The quantitative estimate of drug-likeness (QED) is 0.714. The van der Waals surface area contributed by atoms with Gasteiger partial charge in [-0.2, -0.15) is 5.10 Å². The lowest BCUT2D eigenvalue weighted by Crippen LogP contribution is -2.30. The van der Waals surface area contributed by atoms with E-state index in [1.54, 1.807) is 7.11 Å². The second kappa shape index (κ2) is 8.20. The van der Waals surface area contributed by atoms with Crippen molar-refractivity contribution in [2.45, 2.75) is 13.3 Å². The molecule has 0 unspecified atom stereocenters. The van der Waals surface area contributed by atoms with Gasteiger partial charge < -0.3 is 15.4 Å². The summed E-state index contributed by atoms with van der Waals surface area (Å²) in [6, 6.07) is 15.2. The first-order valence-electron chi connectivity index (χ1n) is 8.44. The van der Waals surface area contributed by atoms with Gasteiger partial charge in [-0.1, -0.05) is 18.2 Å². The number of hydrogen-bond acceptors (Lipinski definition) is 3. The van der Waals surface area contributed by atoms with Gasteiger partial charge in [0.15, 0.2) is 0 Å². The molecule has 6 nitrogen and oxygen atoms in total. The highest BCUT2D eigenvalue weighted by molar-refractivity contribution is 5.89. The first-order chi connectivity index (χ1) is 12.7. The lowest BCUT2D eigenvalue weighted by Gasteiger charge is -2.10. The summed E-state index contributed by atoms with van der Waals surface area (Å²) in [4.78, 5) is 12.0. The molecule has 0 atom stereocenters. The highest BCUT2D eigenvalue weighted by atomic mass is 16.5. The van der Waals surface area contributed by atoms with E-state index in [1.165, 1.54) is 0 Å². The van der Waals surface area contributed by atoms with Crippen LogP contribution in [0.4, 0.5) is 10.5 Å². The van der Waals surface area contributed by atoms with Crippen LogP contribution in [0.15, 0.2) is 60.9 Å². The average molecular weight is 350 g/mol. The SMILES string of the molecule is COc1ccc(NC(=O)NCCc2cnn(-c3ccccc3)c2)cc1C. The Morgan fingerprint density at radius 3 is 2.73 bits per heavy atom. The van der Waals surface area contributed by atoms with Crippen molar-refractivity contribution in [3.05, 3.63) is 72.1 Å². The van der Waals surface area contributed by atoms with E-state index in [0.717, 1.165) is 28.3 Å². The summed E-state index contributed by atoms with van der Waals surface area (Å²) in [5, 5.41) is 10.0. The summed E-state index contributed by atoms with van der Waals surface area (Å²) in [5.74, 6) is 0.798. The summed E-state index contributed by atoms with van der Waals surface area (Å²) < 4.78 is 7.05. The van der Waals surface area contributed by atoms with Crippen LogP contribution in [0.3, 0.4) is 0 Å². The molecule has 2 amide bonds. The molecule has 1 heterocycles. The molecular weight excluding hydrogens is 328 g/mol. The van der Waals surface area contributed by atoms with Crippen molar-refractivity contribution in [3.8, 4) is 11.4 Å². The number of aryl methyl sites for hydroxylation is 1. The highest BCUT2D eigenvalue weighted by Crippen LogP contribution is 2.21. The van der Waals surface area contributed by atoms with Gasteiger partial charge in [-0.3, -0.25) is 0 Å². The number of urea groups is 1. The van der Waals surface area contributed by atoms with E-state index in [2.05, 4.69) is 15.7 Å². The molecule has 2 N–H and O–H groups in total. The lowest BCUT2D eigenvalue weighted by molar-refractivity contribution is 0.252. The Balaban J connectivity index is 1.48. The fourth-order valence-corrected chi connectivity index (χ4v) is 2.66. The normalized spacial score (nSPS) is 10.4. The maximum absolute atomic E-state index is 12.0. The standard InChI is InChI=1S/C20H22N4O2/c1-15-12-17(8-9-19(15)26-2)23-20(25)21-11-10-16-13-22-24(14-16)18-6-4-3-5-7-18/h3-9,12-14H,10-11H2,1-2H3,(H2,21,23,25). The van der Waals surface area contributed by atoms with E-state index in [4.69, 9.17) is 4.74 Å². The van der Waals surface area contributed by atoms with Crippen molar-refractivity contribution >= 4 is 11.7 Å². The Morgan fingerprint density at radius 2 is 2.00 bits per heavy atom. The molecule has 3 rings (SSSR count). The van der Waals surface area contributed by atoms with Crippen LogP contribution in [0.1, 0.15) is 11.1 Å². The molecule has 6 heteroatoms. The second-order valence-corrected chi connectivity index (χ2v) is 5.94. The minimum absolute atomic E-state index is 0.231. The average Bonchev–Trinajstić information content (AvgIpc) is 3.11. The van der Waals surface area contributed by atoms with Gasteiger partial charge in [0.1, 0.15) is 5.75 Å². The molecule has 0 saturated heterocycles. The number of benzene rings is 2. The Kier molecular flexibility index (Phi) is 5.53. The van der Waals surface area contributed by atoms with E-state index in [9.17, 15) is 4.79 Å². The van der Waals surface area contributed by atoms with Gasteiger partial charge in [0.25, 0.3) is 0 Å². The van der Waals surface area contributed by atoms with Crippen LogP contribution >= 0.6 is 0 Å². The Hall–Kier alpha value is -3.28. The molecule has 0 fully saturated rings. The molecule has 26 heavy (non-hydrogen) atoms. The van der Waals surface area contributed by atoms with Gasteiger partial charge in [-0.05, 0) is 54.8 Å². The number of nitrogens with one attached hydrogen (secondary N) is 2. The third-order valence-corrected chi connectivity index (χ3v) is 4.01. The number of para-hydroxylation sites is 1. The number of rotatable bonds is 6. The van der Waals surface area contributed by atoms with Crippen LogP contribution in [0.25, 0.3) is 5.69 Å². The summed E-state index contributed by atoms with van der Waals surface area (Å²) in [6.45, 7) is 2.47. The van der Waals surface area contributed by atoms with Crippen LogP contribution in [0, 0.1) is 6.92 Å². The minimum Gasteiger partial charge on any atom is -0.496 e. The molecule has 3 aromatic rings. The van der Waals surface area contributed by atoms with Crippen LogP contribution < -0.4 is 15.4 Å². The van der Waals surface area contributed by atoms with Crippen LogP contribution in [-0.4, -0.2) is 29.5 Å². The van der Waals surface area contributed by atoms with Crippen LogP contribution in [0.2, 0.25) is 0 Å². The topological polar surface area (TPSA) is 68.2 Å². The molecule has 0 aliphatic carbocycles. The number of hydrogen-bond donors (Lipinski definition) is 2. The van der Waals surface area contributed by atoms with E-state index in [-0.39, 0.29) is 6.03 Å². The Bertz CT molecular complexity index is 875. The van der Waals surface area contributed by atoms with E-state index in [0.29, 0.717) is 13.0 Å². The molecule has 0 spiro atoms. The van der Waals surface area contributed by atoms with Crippen LogP contribution in [0.5, 0.6) is 5.75 Å². The molecule has 0 aliphatic heterocycles. The summed E-state index contributed by atoms with van der Waals surface area (Å²) in [7, 11) is 1.63. The Morgan fingerprint density at radius 1 is 1.19 bits per heavy atom. The number of aromatic nitrogens is 2. The largest absolute Gasteiger partial charge is 0.496 e.